The number of aromatic nitrogens is 2. The number of aryl methyl sites for hydroxylation is 2. The van der Waals surface area contributed by atoms with Gasteiger partial charge in [-0.3, -0.25) is 0 Å². The van der Waals surface area contributed by atoms with Crippen molar-refractivity contribution in [2.75, 3.05) is 13.2 Å². The predicted octanol–water partition coefficient (Wildman–Crippen LogP) is 6.68. The van der Waals surface area contributed by atoms with Gasteiger partial charge >= 0.3 is 5.97 Å². The minimum Gasteiger partial charge on any atom is -0.478 e. The smallest absolute Gasteiger partial charge is 0.335 e. The highest BCUT2D eigenvalue weighted by Crippen LogP contribution is 2.47. The van der Waals surface area contributed by atoms with Crippen LogP contribution in [0.4, 0.5) is 0 Å². The summed E-state index contributed by atoms with van der Waals surface area (Å²) >= 11 is 0. The number of carboxylic acid groups (broad SMARTS) is 1. The van der Waals surface area contributed by atoms with E-state index in [2.05, 4.69) is 44.9 Å². The molecule has 7 rings (SSSR count). The van der Waals surface area contributed by atoms with Crippen LogP contribution < -0.4 is 5.32 Å². The number of aromatic carboxylic acids is 1. The van der Waals surface area contributed by atoms with Crippen molar-refractivity contribution in [3.63, 3.8) is 0 Å². The summed E-state index contributed by atoms with van der Waals surface area (Å²) in [6.45, 7) is 4.42. The first-order valence-corrected chi connectivity index (χ1v) is 14.5. The second-order valence-electron chi connectivity index (χ2n) is 11.5. The van der Waals surface area contributed by atoms with Crippen LogP contribution in [0.1, 0.15) is 78.8 Å². The monoisotopic (exact) mass is 511 g/mol. The van der Waals surface area contributed by atoms with Crippen LogP contribution in [-0.2, 0) is 24.4 Å². The van der Waals surface area contributed by atoms with Gasteiger partial charge in [0.2, 0.25) is 0 Å². The van der Waals surface area contributed by atoms with Gasteiger partial charge in [-0.2, -0.15) is 0 Å². The Morgan fingerprint density at radius 1 is 0.974 bits per heavy atom. The molecule has 2 aromatic carbocycles. The van der Waals surface area contributed by atoms with Crippen molar-refractivity contribution >= 4 is 27.8 Å². The van der Waals surface area contributed by atoms with Crippen molar-refractivity contribution in [1.29, 1.82) is 0 Å². The fourth-order valence-electron chi connectivity index (χ4n) is 7.33. The van der Waals surface area contributed by atoms with E-state index >= 15 is 0 Å². The predicted molar refractivity (Wildman–Crippen MR) is 151 cm³/mol. The van der Waals surface area contributed by atoms with E-state index in [0.717, 1.165) is 57.6 Å². The Morgan fingerprint density at radius 3 is 2.63 bits per heavy atom. The lowest BCUT2D eigenvalue weighted by atomic mass is 9.81. The SMILES string of the molecule is O=C(O)c1ccc2c(C3CCCCC3)c3n(c2c1)CCCn1cc(CNC2CCOCC2)c2cccc-3c21. The van der Waals surface area contributed by atoms with Crippen molar-refractivity contribution in [2.45, 2.75) is 83.0 Å². The molecule has 2 aromatic heterocycles. The Kier molecular flexibility index (Phi) is 6.25. The van der Waals surface area contributed by atoms with Crippen LogP contribution in [0.3, 0.4) is 0 Å². The number of para-hydroxylation sites is 1. The molecule has 2 N–H and O–H groups in total. The molecular weight excluding hydrogens is 474 g/mol. The minimum absolute atomic E-state index is 0.373. The molecule has 0 amide bonds. The van der Waals surface area contributed by atoms with E-state index < -0.39 is 5.97 Å². The number of carboxylic acids is 1. The van der Waals surface area contributed by atoms with Crippen LogP contribution in [0.15, 0.2) is 42.6 Å². The second-order valence-corrected chi connectivity index (χ2v) is 11.5. The summed E-state index contributed by atoms with van der Waals surface area (Å²) in [6, 6.07) is 13.1. The Bertz CT molecular complexity index is 1500. The third-order valence-corrected chi connectivity index (χ3v) is 9.18. The third-order valence-electron chi connectivity index (χ3n) is 9.18. The summed E-state index contributed by atoms with van der Waals surface area (Å²) < 4.78 is 10.5. The van der Waals surface area contributed by atoms with E-state index in [1.165, 1.54) is 70.8 Å². The van der Waals surface area contributed by atoms with Crippen molar-refractivity contribution in [3.8, 4) is 11.3 Å². The first kappa shape index (κ1) is 24.0. The lowest BCUT2D eigenvalue weighted by Crippen LogP contribution is -2.34. The zero-order chi connectivity index (χ0) is 25.6. The van der Waals surface area contributed by atoms with Gasteiger partial charge in [-0.15, -0.1) is 0 Å². The summed E-state index contributed by atoms with van der Waals surface area (Å²) in [5, 5.41) is 16.2. The Balaban J connectivity index is 1.41. The van der Waals surface area contributed by atoms with E-state index in [0.29, 0.717) is 17.5 Å². The summed E-state index contributed by atoms with van der Waals surface area (Å²) in [7, 11) is 0. The molecule has 0 atom stereocenters. The fraction of sp³-hybridized carbons (Fsp3) is 0.469. The summed E-state index contributed by atoms with van der Waals surface area (Å²) in [4.78, 5) is 11.9. The molecule has 38 heavy (non-hydrogen) atoms. The van der Waals surface area contributed by atoms with Crippen molar-refractivity contribution in [1.82, 2.24) is 14.5 Å². The number of ether oxygens (including phenoxy) is 1. The van der Waals surface area contributed by atoms with Gasteiger partial charge in [0.25, 0.3) is 0 Å². The second kappa shape index (κ2) is 9.90. The highest BCUT2D eigenvalue weighted by Gasteiger charge is 2.29. The molecule has 0 radical (unpaired) electrons. The van der Waals surface area contributed by atoms with E-state index in [1.54, 1.807) is 6.07 Å². The van der Waals surface area contributed by atoms with E-state index in [1.807, 2.05) is 6.07 Å². The minimum atomic E-state index is -0.856. The van der Waals surface area contributed by atoms with E-state index in [9.17, 15) is 9.90 Å². The first-order valence-electron chi connectivity index (χ1n) is 14.5. The quantitative estimate of drug-likeness (QED) is 0.314. The number of rotatable bonds is 5. The highest BCUT2D eigenvalue weighted by atomic mass is 16.5. The molecule has 6 heteroatoms. The van der Waals surface area contributed by atoms with Crippen LogP contribution in [0.2, 0.25) is 0 Å². The van der Waals surface area contributed by atoms with Crippen molar-refractivity contribution < 1.29 is 14.6 Å². The first-order chi connectivity index (χ1) is 18.7. The van der Waals surface area contributed by atoms with Gasteiger partial charge in [-0.1, -0.05) is 43.5 Å². The maximum atomic E-state index is 11.9. The molecule has 198 valence electrons. The number of hydrogen-bond acceptors (Lipinski definition) is 3. The molecule has 4 heterocycles. The molecule has 1 saturated carbocycles. The van der Waals surface area contributed by atoms with Crippen LogP contribution >= 0.6 is 0 Å². The Morgan fingerprint density at radius 2 is 1.82 bits per heavy atom. The molecule has 0 bridgehead atoms. The molecule has 1 saturated heterocycles. The van der Waals surface area contributed by atoms with Gasteiger partial charge in [0.1, 0.15) is 0 Å². The zero-order valence-corrected chi connectivity index (χ0v) is 22.0. The highest BCUT2D eigenvalue weighted by molar-refractivity contribution is 6.03. The molecule has 4 aromatic rings. The topological polar surface area (TPSA) is 68.4 Å². The molecule has 0 spiro atoms. The van der Waals surface area contributed by atoms with E-state index in [4.69, 9.17) is 4.74 Å². The Labute approximate surface area is 223 Å². The third kappa shape index (κ3) is 4.05. The van der Waals surface area contributed by atoms with Gasteiger partial charge in [0, 0.05) is 66.9 Å². The standard InChI is InChI=1S/C32H37N3O3/c36-32(37)22-10-11-26-28(18-22)35-15-5-14-34-20-23(19-33-24-12-16-38-17-13-24)25-8-4-9-27(30(25)34)31(35)29(26)21-6-2-1-3-7-21/h4,8-11,18,20-21,24,33H,1-3,5-7,12-17,19H2,(H,36,37). The van der Waals surface area contributed by atoms with Gasteiger partial charge in [-0.05, 0) is 61.3 Å². The van der Waals surface area contributed by atoms with Gasteiger partial charge in [0.05, 0.1) is 16.8 Å². The van der Waals surface area contributed by atoms with Gasteiger partial charge < -0.3 is 24.3 Å². The number of nitrogens with zero attached hydrogens (tertiary/aromatic N) is 2. The molecule has 6 nitrogen and oxygen atoms in total. The number of carbonyl (C=O) groups is 1. The van der Waals surface area contributed by atoms with Gasteiger partial charge in [-0.25, -0.2) is 4.79 Å². The zero-order valence-electron chi connectivity index (χ0n) is 22.0. The Hall–Kier alpha value is -3.09. The average molecular weight is 512 g/mol. The van der Waals surface area contributed by atoms with Crippen LogP contribution in [0.25, 0.3) is 33.1 Å². The van der Waals surface area contributed by atoms with E-state index in [-0.39, 0.29) is 0 Å². The summed E-state index contributed by atoms with van der Waals surface area (Å²) in [6.07, 6.45) is 11.8. The number of fused-ring (bicyclic) bond motifs is 4. The summed E-state index contributed by atoms with van der Waals surface area (Å²) in [5.41, 5.74) is 8.22. The maximum Gasteiger partial charge on any atom is 0.335 e. The summed E-state index contributed by atoms with van der Waals surface area (Å²) in [5.74, 6) is -0.337. The largest absolute Gasteiger partial charge is 0.478 e. The number of nitrogens with one attached hydrogen (secondary N) is 1. The molecular formula is C32H37N3O3. The molecule has 1 aliphatic carbocycles. The molecule has 0 unspecified atom stereocenters. The van der Waals surface area contributed by atoms with Crippen LogP contribution in [0.5, 0.6) is 0 Å². The number of benzene rings is 2. The van der Waals surface area contributed by atoms with Crippen LogP contribution in [0, 0.1) is 0 Å². The molecule has 3 aliphatic rings. The average Bonchev–Trinajstić information content (AvgIpc) is 3.47. The fourth-order valence-corrected chi connectivity index (χ4v) is 7.33. The normalized spacial score (nSPS) is 18.9. The number of hydrogen-bond donors (Lipinski definition) is 2. The lowest BCUT2D eigenvalue weighted by Gasteiger charge is -2.25. The van der Waals surface area contributed by atoms with Crippen molar-refractivity contribution in [3.05, 3.63) is 59.3 Å². The maximum absolute atomic E-state index is 11.9. The lowest BCUT2D eigenvalue weighted by molar-refractivity contribution is 0.0697. The molecule has 2 fully saturated rings. The van der Waals surface area contributed by atoms with Gasteiger partial charge in [0.15, 0.2) is 0 Å². The molecule has 2 aliphatic heterocycles. The van der Waals surface area contributed by atoms with Crippen LogP contribution in [-0.4, -0.2) is 39.5 Å². The van der Waals surface area contributed by atoms with Crippen molar-refractivity contribution in [2.24, 2.45) is 0 Å².